The number of halogens is 2. The molecule has 2 aromatic heterocycles. The number of amides is 1. The maximum Gasteiger partial charge on any atom is 0.269 e. The molecule has 0 unspecified atom stereocenters. The molecule has 0 aromatic carbocycles. The third-order valence-corrected chi connectivity index (χ3v) is 3.07. The van der Waals surface area contributed by atoms with Crippen LogP contribution in [0.2, 0.25) is 0 Å². The zero-order valence-corrected chi connectivity index (χ0v) is 11.0. The molecule has 5 nitrogen and oxygen atoms in total. The minimum atomic E-state index is -1.07. The predicted molar refractivity (Wildman–Crippen MR) is 66.1 cm³/mol. The number of carbonyl (C=O) groups is 1. The van der Waals surface area contributed by atoms with Crippen molar-refractivity contribution in [2.24, 2.45) is 0 Å². The Labute approximate surface area is 111 Å². The molecule has 0 aliphatic rings. The van der Waals surface area contributed by atoms with Gasteiger partial charge in [-0.1, -0.05) is 18.3 Å². The highest BCUT2D eigenvalue weighted by Crippen LogP contribution is 2.21. The summed E-state index contributed by atoms with van der Waals surface area (Å²) in [5, 5.41) is 6.18. The van der Waals surface area contributed by atoms with Gasteiger partial charge in [-0.15, -0.1) is 5.10 Å². The molecule has 0 aliphatic heterocycles. The summed E-state index contributed by atoms with van der Waals surface area (Å²) in [6.45, 7) is 3.74. The molecule has 0 saturated heterocycles. The normalized spacial score (nSPS) is 10.8. The Bertz CT molecular complexity index is 614. The molecule has 0 bridgehead atoms. The van der Waals surface area contributed by atoms with Crippen LogP contribution in [0.15, 0.2) is 12.1 Å². The number of hydrogen-bond acceptors (Lipinski definition) is 5. The molecule has 0 aliphatic carbocycles. The largest absolute Gasteiger partial charge is 0.317 e. The van der Waals surface area contributed by atoms with Crippen molar-refractivity contribution < 1.29 is 13.6 Å². The number of rotatable bonds is 3. The van der Waals surface area contributed by atoms with E-state index >= 15 is 0 Å². The fourth-order valence-electron chi connectivity index (χ4n) is 1.42. The third kappa shape index (κ3) is 2.90. The van der Waals surface area contributed by atoms with Gasteiger partial charge in [0.1, 0.15) is 4.88 Å². The van der Waals surface area contributed by atoms with Gasteiger partial charge in [-0.25, -0.2) is 0 Å². The van der Waals surface area contributed by atoms with E-state index in [1.807, 2.05) is 13.8 Å². The predicted octanol–water partition coefficient (Wildman–Crippen LogP) is 2.59. The molecule has 8 heteroatoms. The smallest absolute Gasteiger partial charge is 0.269 e. The van der Waals surface area contributed by atoms with Crippen molar-refractivity contribution in [2.75, 3.05) is 5.32 Å². The Morgan fingerprint density at radius 1 is 1.37 bits per heavy atom. The average molecular weight is 284 g/mol. The number of hydrogen-bond donors (Lipinski definition) is 1. The first-order valence-electron chi connectivity index (χ1n) is 5.44. The van der Waals surface area contributed by atoms with Crippen LogP contribution in [0.4, 0.5) is 14.5 Å². The Morgan fingerprint density at radius 3 is 2.74 bits per heavy atom. The van der Waals surface area contributed by atoms with Gasteiger partial charge in [0.05, 0.1) is 11.4 Å². The summed E-state index contributed by atoms with van der Waals surface area (Å²) < 4.78 is 29.7. The van der Waals surface area contributed by atoms with Crippen LogP contribution < -0.4 is 5.32 Å². The molecule has 100 valence electrons. The Hall–Kier alpha value is -1.96. The lowest BCUT2D eigenvalue weighted by atomic mass is 10.1. The fraction of sp³-hybridized carbons (Fsp3) is 0.273. The minimum absolute atomic E-state index is 0.0238. The van der Waals surface area contributed by atoms with Crippen LogP contribution >= 0.6 is 11.5 Å². The van der Waals surface area contributed by atoms with Crippen LogP contribution in [0.3, 0.4) is 0 Å². The molecule has 2 aromatic rings. The zero-order valence-electron chi connectivity index (χ0n) is 10.1. The first-order chi connectivity index (χ1) is 8.99. The number of anilines is 1. The van der Waals surface area contributed by atoms with Gasteiger partial charge < -0.3 is 5.32 Å². The summed E-state index contributed by atoms with van der Waals surface area (Å²) in [6.07, 6.45) is 0. The summed E-state index contributed by atoms with van der Waals surface area (Å²) in [6, 6.07) is 2.08. The van der Waals surface area contributed by atoms with Crippen molar-refractivity contribution in [3.05, 3.63) is 34.6 Å². The highest BCUT2D eigenvalue weighted by atomic mass is 32.1. The molecule has 1 amide bonds. The van der Waals surface area contributed by atoms with Crippen LogP contribution in [0.1, 0.15) is 35.1 Å². The maximum atomic E-state index is 13.3. The van der Waals surface area contributed by atoms with Crippen molar-refractivity contribution in [1.29, 1.82) is 0 Å². The van der Waals surface area contributed by atoms with Crippen molar-refractivity contribution in [3.8, 4) is 0 Å². The van der Waals surface area contributed by atoms with Crippen LogP contribution in [-0.2, 0) is 0 Å². The van der Waals surface area contributed by atoms with E-state index in [-0.39, 0.29) is 11.6 Å². The van der Waals surface area contributed by atoms with E-state index < -0.39 is 17.8 Å². The quantitative estimate of drug-likeness (QED) is 0.880. The van der Waals surface area contributed by atoms with Gasteiger partial charge in [-0.2, -0.15) is 13.8 Å². The van der Waals surface area contributed by atoms with Gasteiger partial charge >= 0.3 is 0 Å². The first-order valence-corrected chi connectivity index (χ1v) is 6.22. The second-order valence-electron chi connectivity index (χ2n) is 4.07. The number of aromatic nitrogens is 3. The van der Waals surface area contributed by atoms with Crippen molar-refractivity contribution in [2.45, 2.75) is 19.8 Å². The Kier molecular flexibility index (Phi) is 3.79. The van der Waals surface area contributed by atoms with Crippen molar-refractivity contribution in [3.63, 3.8) is 0 Å². The van der Waals surface area contributed by atoms with E-state index in [0.717, 1.165) is 23.7 Å². The summed E-state index contributed by atoms with van der Waals surface area (Å²) >= 11 is 0.924. The highest BCUT2D eigenvalue weighted by molar-refractivity contribution is 7.08. The van der Waals surface area contributed by atoms with Gasteiger partial charge in [0, 0.05) is 0 Å². The Balaban J connectivity index is 2.23. The minimum Gasteiger partial charge on any atom is -0.317 e. The van der Waals surface area contributed by atoms with Gasteiger partial charge in [-0.05, 0) is 29.6 Å². The molecule has 1 N–H and O–H groups in total. The van der Waals surface area contributed by atoms with Crippen LogP contribution in [-0.4, -0.2) is 20.5 Å². The van der Waals surface area contributed by atoms with Crippen molar-refractivity contribution in [1.82, 2.24) is 14.6 Å². The zero-order chi connectivity index (χ0) is 14.0. The van der Waals surface area contributed by atoms with Crippen molar-refractivity contribution >= 4 is 23.1 Å². The standard InChI is InChI=1S/C11H10F2N4OS/c1-5(2)8-9(19-17-16-8)11(18)14-6-3-4-7(12)15-10(6)13/h3-5H,1-2H3,(H,14,18). The lowest BCUT2D eigenvalue weighted by Gasteiger charge is -2.06. The van der Waals surface area contributed by atoms with Gasteiger partial charge in [-0.3, -0.25) is 4.79 Å². The lowest BCUT2D eigenvalue weighted by Crippen LogP contribution is -2.14. The number of nitrogens with zero attached hydrogens (tertiary/aromatic N) is 3. The number of nitrogens with one attached hydrogen (secondary N) is 1. The maximum absolute atomic E-state index is 13.3. The second-order valence-corrected chi connectivity index (χ2v) is 4.82. The van der Waals surface area contributed by atoms with Gasteiger partial charge in [0.2, 0.25) is 11.9 Å². The molecule has 0 saturated carbocycles. The summed E-state index contributed by atoms with van der Waals surface area (Å²) in [7, 11) is 0. The van der Waals surface area contributed by atoms with E-state index in [9.17, 15) is 13.6 Å². The lowest BCUT2D eigenvalue weighted by molar-refractivity contribution is 0.102. The topological polar surface area (TPSA) is 67.8 Å². The van der Waals surface area contributed by atoms with E-state index in [0.29, 0.717) is 10.6 Å². The van der Waals surface area contributed by atoms with E-state index in [4.69, 9.17) is 0 Å². The van der Waals surface area contributed by atoms with Gasteiger partial charge in [0.15, 0.2) is 0 Å². The molecule has 2 heterocycles. The van der Waals surface area contributed by atoms with E-state index in [1.54, 1.807) is 0 Å². The highest BCUT2D eigenvalue weighted by Gasteiger charge is 2.20. The number of pyridine rings is 1. The number of carbonyl (C=O) groups excluding carboxylic acids is 1. The molecule has 0 atom stereocenters. The van der Waals surface area contributed by atoms with Crippen LogP contribution in [0, 0.1) is 11.9 Å². The van der Waals surface area contributed by atoms with Gasteiger partial charge in [0.25, 0.3) is 5.91 Å². The third-order valence-electron chi connectivity index (χ3n) is 2.33. The summed E-state index contributed by atoms with van der Waals surface area (Å²) in [5.74, 6) is -2.53. The molecule has 0 fully saturated rings. The monoisotopic (exact) mass is 284 g/mol. The molecule has 0 radical (unpaired) electrons. The molecule has 0 spiro atoms. The van der Waals surface area contributed by atoms with E-state index in [2.05, 4.69) is 19.9 Å². The molecular weight excluding hydrogens is 274 g/mol. The molecule has 19 heavy (non-hydrogen) atoms. The average Bonchev–Trinajstić information content (AvgIpc) is 2.82. The molecular formula is C11H10F2N4OS. The summed E-state index contributed by atoms with van der Waals surface area (Å²) in [5.41, 5.74) is 0.354. The first kappa shape index (κ1) is 13.5. The summed E-state index contributed by atoms with van der Waals surface area (Å²) in [4.78, 5) is 15.3. The van der Waals surface area contributed by atoms with E-state index in [1.165, 1.54) is 0 Å². The fourth-order valence-corrected chi connectivity index (χ4v) is 2.13. The SMILES string of the molecule is CC(C)c1nnsc1C(=O)Nc1ccc(F)nc1F. The molecule has 2 rings (SSSR count). The van der Waals surface area contributed by atoms with Crippen LogP contribution in [0.25, 0.3) is 0 Å². The Morgan fingerprint density at radius 2 is 2.11 bits per heavy atom. The van der Waals surface area contributed by atoms with Crippen LogP contribution in [0.5, 0.6) is 0 Å². The second kappa shape index (κ2) is 5.35.